The SMILES string of the molecule is Cc1cc(C)c(NC(=O)[C@@H](C)OC(=O)/C=C/c2ccco2)c(C)c1. The number of carbonyl (C=O) groups excluding carboxylic acids is 2. The first-order valence-corrected chi connectivity index (χ1v) is 7.67. The number of nitrogens with one attached hydrogen (secondary N) is 1. The van der Waals surface area contributed by atoms with Crippen LogP contribution in [0.25, 0.3) is 6.08 Å². The Kier molecular flexibility index (Phi) is 5.58. The molecule has 0 aliphatic rings. The van der Waals surface area contributed by atoms with Crippen molar-refractivity contribution in [2.45, 2.75) is 33.8 Å². The summed E-state index contributed by atoms with van der Waals surface area (Å²) in [6.45, 7) is 7.39. The molecule has 0 bridgehead atoms. The standard InChI is InChI=1S/C19H21NO4/c1-12-10-13(2)18(14(3)11-12)20-19(22)15(4)24-17(21)8-7-16-6-5-9-23-16/h5-11,15H,1-4H3,(H,20,22)/b8-7+/t15-/m1/s1. The van der Waals surface area contributed by atoms with Crippen molar-refractivity contribution in [3.8, 4) is 0 Å². The van der Waals surface area contributed by atoms with E-state index in [9.17, 15) is 9.59 Å². The molecule has 2 aromatic rings. The average Bonchev–Trinajstić information content (AvgIpc) is 3.01. The maximum absolute atomic E-state index is 12.2. The van der Waals surface area contributed by atoms with Crippen LogP contribution in [0.2, 0.25) is 0 Å². The molecule has 1 N–H and O–H groups in total. The van der Waals surface area contributed by atoms with Crippen LogP contribution in [0.1, 0.15) is 29.4 Å². The van der Waals surface area contributed by atoms with Crippen LogP contribution >= 0.6 is 0 Å². The molecule has 1 heterocycles. The lowest BCUT2D eigenvalue weighted by Gasteiger charge is -2.16. The lowest BCUT2D eigenvalue weighted by Crippen LogP contribution is -2.30. The largest absolute Gasteiger partial charge is 0.465 e. The van der Waals surface area contributed by atoms with E-state index in [2.05, 4.69) is 5.32 Å². The summed E-state index contributed by atoms with van der Waals surface area (Å²) in [6.07, 6.45) is 3.32. The van der Waals surface area contributed by atoms with Gasteiger partial charge in [-0.3, -0.25) is 4.79 Å². The molecule has 0 saturated heterocycles. The molecule has 0 unspecified atom stereocenters. The molecule has 5 heteroatoms. The summed E-state index contributed by atoms with van der Waals surface area (Å²) in [7, 11) is 0. The average molecular weight is 327 g/mol. The molecular formula is C19H21NO4. The molecule has 1 aromatic carbocycles. The molecule has 1 atom stereocenters. The van der Waals surface area contributed by atoms with E-state index >= 15 is 0 Å². The normalized spacial score (nSPS) is 12.2. The van der Waals surface area contributed by atoms with Gasteiger partial charge in [0.25, 0.3) is 5.91 Å². The van der Waals surface area contributed by atoms with Gasteiger partial charge in [0, 0.05) is 11.8 Å². The van der Waals surface area contributed by atoms with E-state index in [0.29, 0.717) is 5.76 Å². The van der Waals surface area contributed by atoms with Crippen molar-refractivity contribution in [1.82, 2.24) is 0 Å². The molecule has 126 valence electrons. The molecule has 0 radical (unpaired) electrons. The van der Waals surface area contributed by atoms with Gasteiger partial charge in [-0.05, 0) is 57.0 Å². The second kappa shape index (κ2) is 7.64. The first-order valence-electron chi connectivity index (χ1n) is 7.67. The first kappa shape index (κ1) is 17.5. The number of rotatable bonds is 5. The number of aryl methyl sites for hydroxylation is 3. The van der Waals surface area contributed by atoms with E-state index in [4.69, 9.17) is 9.15 Å². The fraction of sp³-hybridized carbons (Fsp3) is 0.263. The highest BCUT2D eigenvalue weighted by Crippen LogP contribution is 2.22. The van der Waals surface area contributed by atoms with Crippen molar-refractivity contribution in [2.75, 3.05) is 5.32 Å². The second-order valence-corrected chi connectivity index (χ2v) is 5.69. The second-order valence-electron chi connectivity index (χ2n) is 5.69. The smallest absolute Gasteiger partial charge is 0.331 e. The molecular weight excluding hydrogens is 306 g/mol. The Morgan fingerprint density at radius 3 is 2.46 bits per heavy atom. The van der Waals surface area contributed by atoms with Gasteiger partial charge in [-0.15, -0.1) is 0 Å². The molecule has 0 saturated carbocycles. The van der Waals surface area contributed by atoms with Crippen molar-refractivity contribution in [3.05, 3.63) is 59.1 Å². The summed E-state index contributed by atoms with van der Waals surface area (Å²) >= 11 is 0. The Morgan fingerprint density at radius 1 is 1.21 bits per heavy atom. The van der Waals surface area contributed by atoms with Crippen molar-refractivity contribution >= 4 is 23.6 Å². The minimum atomic E-state index is -0.904. The van der Waals surface area contributed by atoms with Crippen LogP contribution in [-0.2, 0) is 14.3 Å². The summed E-state index contributed by atoms with van der Waals surface area (Å²) < 4.78 is 10.2. The van der Waals surface area contributed by atoms with Crippen LogP contribution < -0.4 is 5.32 Å². The van der Waals surface area contributed by atoms with Gasteiger partial charge in [0.2, 0.25) is 0 Å². The van der Waals surface area contributed by atoms with E-state index in [1.165, 1.54) is 25.3 Å². The van der Waals surface area contributed by atoms with Crippen molar-refractivity contribution in [3.63, 3.8) is 0 Å². The summed E-state index contributed by atoms with van der Waals surface area (Å²) in [6, 6.07) is 7.41. The van der Waals surface area contributed by atoms with Crippen molar-refractivity contribution in [2.24, 2.45) is 0 Å². The van der Waals surface area contributed by atoms with E-state index in [-0.39, 0.29) is 5.91 Å². The Labute approximate surface area is 141 Å². The molecule has 1 aromatic heterocycles. The summed E-state index contributed by atoms with van der Waals surface area (Å²) in [5, 5.41) is 2.82. The molecule has 2 rings (SSSR count). The van der Waals surface area contributed by atoms with Gasteiger partial charge in [0.05, 0.1) is 6.26 Å². The quantitative estimate of drug-likeness (QED) is 0.670. The fourth-order valence-electron chi connectivity index (χ4n) is 2.41. The number of hydrogen-bond acceptors (Lipinski definition) is 4. The third-order valence-electron chi connectivity index (χ3n) is 3.51. The van der Waals surface area contributed by atoms with Crippen LogP contribution in [0.15, 0.2) is 41.0 Å². The van der Waals surface area contributed by atoms with Crippen molar-refractivity contribution < 1.29 is 18.7 Å². The highest BCUT2D eigenvalue weighted by Gasteiger charge is 2.18. The molecule has 0 spiro atoms. The number of anilines is 1. The molecule has 5 nitrogen and oxygen atoms in total. The number of amides is 1. The number of esters is 1. The molecule has 24 heavy (non-hydrogen) atoms. The predicted octanol–water partition coefficient (Wildman–Crippen LogP) is 3.79. The zero-order valence-electron chi connectivity index (χ0n) is 14.3. The minimum absolute atomic E-state index is 0.371. The molecule has 1 amide bonds. The van der Waals surface area contributed by atoms with Gasteiger partial charge in [-0.2, -0.15) is 0 Å². The van der Waals surface area contributed by atoms with E-state index in [1.807, 2.05) is 32.9 Å². The maximum atomic E-state index is 12.2. The third-order valence-corrected chi connectivity index (χ3v) is 3.51. The van der Waals surface area contributed by atoms with Gasteiger partial charge in [0.1, 0.15) is 5.76 Å². The Hall–Kier alpha value is -2.82. The lowest BCUT2D eigenvalue weighted by molar-refractivity contribution is -0.148. The highest BCUT2D eigenvalue weighted by molar-refractivity contribution is 5.97. The minimum Gasteiger partial charge on any atom is -0.465 e. The number of furan rings is 1. The van der Waals surface area contributed by atoms with Gasteiger partial charge >= 0.3 is 5.97 Å². The third kappa shape index (κ3) is 4.59. The first-order chi connectivity index (χ1) is 11.4. The van der Waals surface area contributed by atoms with Crippen LogP contribution in [0.4, 0.5) is 5.69 Å². The predicted molar refractivity (Wildman–Crippen MR) is 92.6 cm³/mol. The zero-order chi connectivity index (χ0) is 17.7. The zero-order valence-corrected chi connectivity index (χ0v) is 14.3. The lowest BCUT2D eigenvalue weighted by atomic mass is 10.0. The fourth-order valence-corrected chi connectivity index (χ4v) is 2.41. The van der Waals surface area contributed by atoms with E-state index in [1.54, 1.807) is 12.1 Å². The Balaban J connectivity index is 1.96. The maximum Gasteiger partial charge on any atom is 0.331 e. The summed E-state index contributed by atoms with van der Waals surface area (Å²) in [5.41, 5.74) is 3.82. The Morgan fingerprint density at radius 2 is 1.88 bits per heavy atom. The molecule has 0 aliphatic heterocycles. The van der Waals surface area contributed by atoms with E-state index < -0.39 is 12.1 Å². The van der Waals surface area contributed by atoms with Crippen molar-refractivity contribution in [1.29, 1.82) is 0 Å². The molecule has 0 fully saturated rings. The Bertz CT molecular complexity index is 737. The van der Waals surface area contributed by atoms with Crippen LogP contribution in [0.3, 0.4) is 0 Å². The number of benzene rings is 1. The van der Waals surface area contributed by atoms with Gasteiger partial charge in [0.15, 0.2) is 6.10 Å². The number of carbonyl (C=O) groups is 2. The van der Waals surface area contributed by atoms with Crippen LogP contribution in [-0.4, -0.2) is 18.0 Å². The van der Waals surface area contributed by atoms with Crippen LogP contribution in [0.5, 0.6) is 0 Å². The monoisotopic (exact) mass is 327 g/mol. The van der Waals surface area contributed by atoms with Gasteiger partial charge in [-0.25, -0.2) is 4.79 Å². The van der Waals surface area contributed by atoms with E-state index in [0.717, 1.165) is 22.4 Å². The van der Waals surface area contributed by atoms with Crippen LogP contribution in [0, 0.1) is 20.8 Å². The summed E-state index contributed by atoms with van der Waals surface area (Å²) in [5.74, 6) is -0.439. The van der Waals surface area contributed by atoms with Gasteiger partial charge < -0.3 is 14.5 Å². The number of ether oxygens (including phenoxy) is 1. The molecule has 0 aliphatic carbocycles. The highest BCUT2D eigenvalue weighted by atomic mass is 16.5. The van der Waals surface area contributed by atoms with Gasteiger partial charge in [-0.1, -0.05) is 17.7 Å². The number of hydrogen-bond donors (Lipinski definition) is 1. The topological polar surface area (TPSA) is 68.5 Å². The summed E-state index contributed by atoms with van der Waals surface area (Å²) in [4.78, 5) is 24.0.